The Hall–Kier alpha value is -3.19. The first-order valence-corrected chi connectivity index (χ1v) is 13.7. The van der Waals surface area contributed by atoms with Crippen molar-refractivity contribution in [3.05, 3.63) is 63.7 Å². The Labute approximate surface area is 238 Å². The quantitative estimate of drug-likeness (QED) is 0.298. The molecule has 6 rings (SSSR count). The summed E-state index contributed by atoms with van der Waals surface area (Å²) in [5.74, 6) is -0.274. The predicted molar refractivity (Wildman–Crippen MR) is 145 cm³/mol. The van der Waals surface area contributed by atoms with Crippen LogP contribution in [0.1, 0.15) is 24.7 Å². The zero-order valence-electron chi connectivity index (χ0n) is 21.6. The van der Waals surface area contributed by atoms with Gasteiger partial charge in [-0.1, -0.05) is 29.3 Å². The lowest BCUT2D eigenvalue weighted by Crippen LogP contribution is -2.52. The topological polar surface area (TPSA) is 94.3 Å². The molecule has 2 aliphatic rings. The first kappa shape index (κ1) is 27.0. The van der Waals surface area contributed by atoms with Crippen LogP contribution in [0.4, 0.5) is 14.7 Å². The van der Waals surface area contributed by atoms with E-state index in [-0.39, 0.29) is 35.2 Å². The smallest absolute Gasteiger partial charge is 0.255 e. The van der Waals surface area contributed by atoms with Crippen molar-refractivity contribution in [3.8, 4) is 5.88 Å². The highest BCUT2D eigenvalue weighted by atomic mass is 35.5. The Balaban J connectivity index is 1.14. The van der Waals surface area contributed by atoms with Gasteiger partial charge in [0.25, 0.3) is 5.88 Å². The van der Waals surface area contributed by atoms with Crippen LogP contribution in [0.3, 0.4) is 0 Å². The molecule has 2 atom stereocenters. The number of piperazine rings is 1. The van der Waals surface area contributed by atoms with Gasteiger partial charge in [-0.15, -0.1) is 10.2 Å². The van der Waals surface area contributed by atoms with Gasteiger partial charge in [0.15, 0.2) is 10.8 Å². The van der Waals surface area contributed by atoms with Gasteiger partial charge in [0, 0.05) is 48.9 Å². The molecule has 0 saturated carbocycles. The summed E-state index contributed by atoms with van der Waals surface area (Å²) in [5, 5.41) is 8.86. The minimum atomic E-state index is -0.720. The van der Waals surface area contributed by atoms with E-state index in [9.17, 15) is 8.78 Å². The summed E-state index contributed by atoms with van der Waals surface area (Å²) in [6, 6.07) is 6.05. The third kappa shape index (κ3) is 5.67. The van der Waals surface area contributed by atoms with Crippen LogP contribution in [0.2, 0.25) is 10.2 Å². The van der Waals surface area contributed by atoms with Crippen LogP contribution in [-0.2, 0) is 24.4 Å². The van der Waals surface area contributed by atoms with E-state index in [0.29, 0.717) is 55.0 Å². The molecular formula is C26H26Cl2F2N8O2. The van der Waals surface area contributed by atoms with E-state index in [0.717, 1.165) is 25.0 Å². The van der Waals surface area contributed by atoms with Crippen LogP contribution >= 0.6 is 23.2 Å². The van der Waals surface area contributed by atoms with Gasteiger partial charge in [-0.2, -0.15) is 9.37 Å². The number of nitrogens with zero attached hydrogens (tertiary/aromatic N) is 8. The number of rotatable bonds is 8. The summed E-state index contributed by atoms with van der Waals surface area (Å²) in [6.07, 6.45) is 2.20. The van der Waals surface area contributed by atoms with Crippen molar-refractivity contribution in [2.45, 2.75) is 45.2 Å². The van der Waals surface area contributed by atoms with Crippen molar-refractivity contribution in [1.82, 2.24) is 34.6 Å². The molecule has 0 N–H and O–H groups in total. The van der Waals surface area contributed by atoms with Crippen molar-refractivity contribution in [2.75, 3.05) is 31.1 Å². The number of aromatic nitrogens is 6. The van der Waals surface area contributed by atoms with E-state index in [2.05, 4.69) is 36.6 Å². The largest absolute Gasteiger partial charge is 0.470 e. The fraction of sp³-hybridized carbons (Fsp3) is 0.423. The minimum absolute atomic E-state index is 0.109. The average molecular weight is 591 g/mol. The molecule has 14 heteroatoms. The molecule has 4 aromatic rings. The molecule has 0 bridgehead atoms. The number of hydrogen-bond donors (Lipinski definition) is 0. The second-order valence-electron chi connectivity index (χ2n) is 9.91. The summed E-state index contributed by atoms with van der Waals surface area (Å²) < 4.78 is 41.8. The third-order valence-corrected chi connectivity index (χ3v) is 7.61. The van der Waals surface area contributed by atoms with Gasteiger partial charge in [0.05, 0.1) is 25.4 Å². The van der Waals surface area contributed by atoms with E-state index >= 15 is 0 Å². The lowest BCUT2D eigenvalue weighted by molar-refractivity contribution is -0.0593. The molecule has 0 spiro atoms. The molecule has 0 unspecified atom stereocenters. The average Bonchev–Trinajstić information content (AvgIpc) is 3.23. The number of benzene rings is 1. The standard InChI is InChI=1S/C26H26Cl2F2N8O2/c1-15-11-37(26-31-10-20(30)25(33-26)40-14-16-2-3-17(27)8-19(16)29)6-5-36(15)13-23-32-21-9-22(28)34-35-24(21)38(23)12-18-4-7-39-18/h2-3,8-10,15,18H,4-7,11-14H2,1H3/t15-,18-/m0/s1. The molecule has 10 nitrogen and oxygen atoms in total. The van der Waals surface area contributed by atoms with E-state index in [1.807, 2.05) is 4.90 Å². The van der Waals surface area contributed by atoms with Gasteiger partial charge < -0.3 is 18.9 Å². The third-order valence-electron chi connectivity index (χ3n) is 7.19. The maximum atomic E-state index is 14.4. The number of hydrogen-bond acceptors (Lipinski definition) is 9. The zero-order valence-corrected chi connectivity index (χ0v) is 23.1. The molecule has 1 aromatic carbocycles. The van der Waals surface area contributed by atoms with Crippen molar-refractivity contribution in [1.29, 1.82) is 0 Å². The summed E-state index contributed by atoms with van der Waals surface area (Å²) in [7, 11) is 0. The normalized spacial score (nSPS) is 19.7. The van der Waals surface area contributed by atoms with Gasteiger partial charge in [-0.25, -0.2) is 14.4 Å². The van der Waals surface area contributed by atoms with Gasteiger partial charge in [0.1, 0.15) is 23.8 Å². The highest BCUT2D eigenvalue weighted by molar-refractivity contribution is 6.30. The Bertz CT molecular complexity index is 1540. The number of fused-ring (bicyclic) bond motifs is 1. The first-order valence-electron chi connectivity index (χ1n) is 12.9. The summed E-state index contributed by atoms with van der Waals surface area (Å²) in [4.78, 5) is 17.6. The monoisotopic (exact) mass is 590 g/mol. The van der Waals surface area contributed by atoms with Crippen LogP contribution in [0.5, 0.6) is 5.88 Å². The SMILES string of the molecule is C[C@H]1CN(c2ncc(F)c(OCc3ccc(Cl)cc3F)n2)CCN1Cc1nc2cc(Cl)nnc2n1C[C@@H]1CCO1. The Kier molecular flexibility index (Phi) is 7.67. The van der Waals surface area contributed by atoms with E-state index in [1.165, 1.54) is 12.1 Å². The summed E-state index contributed by atoms with van der Waals surface area (Å²) in [5.41, 5.74) is 1.63. The molecule has 210 valence electrons. The lowest BCUT2D eigenvalue weighted by Gasteiger charge is -2.39. The fourth-order valence-corrected chi connectivity index (χ4v) is 5.17. The van der Waals surface area contributed by atoms with E-state index in [4.69, 9.17) is 37.7 Å². The van der Waals surface area contributed by atoms with Crippen molar-refractivity contribution in [3.63, 3.8) is 0 Å². The molecule has 2 fully saturated rings. The maximum absolute atomic E-state index is 14.4. The number of ether oxygens (including phenoxy) is 2. The van der Waals surface area contributed by atoms with Crippen LogP contribution in [-0.4, -0.2) is 73.0 Å². The van der Waals surface area contributed by atoms with Crippen molar-refractivity contribution < 1.29 is 18.3 Å². The molecule has 0 aliphatic carbocycles. The fourth-order valence-electron chi connectivity index (χ4n) is 4.87. The second kappa shape index (κ2) is 11.4. The Morgan fingerprint density at radius 1 is 1.10 bits per heavy atom. The molecule has 2 saturated heterocycles. The van der Waals surface area contributed by atoms with Gasteiger partial charge in [0.2, 0.25) is 11.8 Å². The highest BCUT2D eigenvalue weighted by Crippen LogP contribution is 2.25. The summed E-state index contributed by atoms with van der Waals surface area (Å²) >= 11 is 11.9. The Morgan fingerprint density at radius 2 is 1.95 bits per heavy atom. The molecular weight excluding hydrogens is 565 g/mol. The number of imidazole rings is 1. The summed E-state index contributed by atoms with van der Waals surface area (Å²) in [6.45, 7) is 5.85. The Morgan fingerprint density at radius 3 is 2.70 bits per heavy atom. The van der Waals surface area contributed by atoms with Crippen LogP contribution in [0.15, 0.2) is 30.5 Å². The zero-order chi connectivity index (χ0) is 27.8. The first-order chi connectivity index (χ1) is 19.3. The van der Waals surface area contributed by atoms with Crippen LogP contribution in [0.25, 0.3) is 11.2 Å². The maximum Gasteiger partial charge on any atom is 0.255 e. The number of halogens is 4. The van der Waals surface area contributed by atoms with Gasteiger partial charge >= 0.3 is 0 Å². The molecule has 5 heterocycles. The van der Waals surface area contributed by atoms with Crippen molar-refractivity contribution in [2.24, 2.45) is 0 Å². The number of anilines is 1. The molecule has 0 radical (unpaired) electrons. The van der Waals surface area contributed by atoms with Crippen molar-refractivity contribution >= 4 is 40.3 Å². The lowest BCUT2D eigenvalue weighted by atomic mass is 10.2. The van der Waals surface area contributed by atoms with E-state index in [1.54, 1.807) is 12.1 Å². The molecule has 2 aliphatic heterocycles. The molecule has 40 heavy (non-hydrogen) atoms. The van der Waals surface area contributed by atoms with Crippen LogP contribution < -0.4 is 9.64 Å². The van der Waals surface area contributed by atoms with E-state index < -0.39 is 11.6 Å². The second-order valence-corrected chi connectivity index (χ2v) is 10.7. The molecule has 0 amide bonds. The minimum Gasteiger partial charge on any atom is -0.470 e. The van der Waals surface area contributed by atoms with Crippen LogP contribution in [0, 0.1) is 11.6 Å². The predicted octanol–water partition coefficient (Wildman–Crippen LogP) is 4.28. The highest BCUT2D eigenvalue weighted by Gasteiger charge is 2.29. The van der Waals surface area contributed by atoms with Gasteiger partial charge in [-0.3, -0.25) is 4.90 Å². The van der Waals surface area contributed by atoms with Gasteiger partial charge in [-0.05, 0) is 25.5 Å². The molecule has 3 aromatic heterocycles.